The third-order valence-corrected chi connectivity index (χ3v) is 4.40. The van der Waals surface area contributed by atoms with E-state index in [0.717, 1.165) is 4.88 Å². The first-order chi connectivity index (χ1) is 10.7. The van der Waals surface area contributed by atoms with Gasteiger partial charge in [-0.05, 0) is 31.2 Å². The molecule has 0 aliphatic heterocycles. The first-order valence-corrected chi connectivity index (χ1v) is 8.13. The van der Waals surface area contributed by atoms with Crippen LogP contribution in [0.1, 0.15) is 28.3 Å². The largest absolute Gasteiger partial charge is 0.493 e. The van der Waals surface area contributed by atoms with Gasteiger partial charge in [-0.2, -0.15) is 0 Å². The lowest BCUT2D eigenvalue weighted by molar-refractivity contribution is 0.0835. The summed E-state index contributed by atoms with van der Waals surface area (Å²) in [5.74, 6) is 0.393. The highest BCUT2D eigenvalue weighted by atomic mass is 35.5. The zero-order chi connectivity index (χ0) is 15.9. The summed E-state index contributed by atoms with van der Waals surface area (Å²) in [5.41, 5.74) is 0.517. The Bertz CT molecular complexity index is 629. The first kappa shape index (κ1) is 16.8. The second kappa shape index (κ2) is 8.17. The van der Waals surface area contributed by atoms with Crippen molar-refractivity contribution in [3.63, 3.8) is 0 Å². The van der Waals surface area contributed by atoms with Crippen LogP contribution in [0.3, 0.4) is 0 Å². The maximum atomic E-state index is 12.3. The Hall–Kier alpha value is -1.56. The van der Waals surface area contributed by atoms with Gasteiger partial charge in [-0.25, -0.2) is 0 Å². The van der Waals surface area contributed by atoms with Crippen LogP contribution in [0.4, 0.5) is 0 Å². The van der Waals surface area contributed by atoms with Crippen LogP contribution in [0.5, 0.6) is 5.75 Å². The Labute approximate surface area is 139 Å². The third-order valence-electron chi connectivity index (χ3n) is 3.08. The Kier molecular flexibility index (Phi) is 6.24. The van der Waals surface area contributed by atoms with Crippen molar-refractivity contribution >= 4 is 28.8 Å². The van der Waals surface area contributed by atoms with Gasteiger partial charge < -0.3 is 14.8 Å². The van der Waals surface area contributed by atoms with Crippen molar-refractivity contribution < 1.29 is 14.3 Å². The Morgan fingerprint density at radius 1 is 1.32 bits per heavy atom. The van der Waals surface area contributed by atoms with Gasteiger partial charge in [-0.3, -0.25) is 4.79 Å². The molecule has 0 aliphatic rings. The van der Waals surface area contributed by atoms with Crippen molar-refractivity contribution in [2.45, 2.75) is 13.0 Å². The maximum absolute atomic E-state index is 12.3. The van der Waals surface area contributed by atoms with Crippen molar-refractivity contribution in [2.75, 3.05) is 20.3 Å². The lowest BCUT2D eigenvalue weighted by Gasteiger charge is -2.15. The van der Waals surface area contributed by atoms with Crippen molar-refractivity contribution in [2.24, 2.45) is 0 Å². The van der Waals surface area contributed by atoms with Crippen LogP contribution in [0.25, 0.3) is 0 Å². The zero-order valence-electron chi connectivity index (χ0n) is 12.5. The Morgan fingerprint density at radius 3 is 2.73 bits per heavy atom. The number of carbonyl (C=O) groups is 1. The maximum Gasteiger partial charge on any atom is 0.255 e. The van der Waals surface area contributed by atoms with E-state index >= 15 is 0 Å². The van der Waals surface area contributed by atoms with Crippen LogP contribution in [0.15, 0.2) is 36.4 Å². The topological polar surface area (TPSA) is 47.6 Å². The highest BCUT2D eigenvalue weighted by Gasteiger charge is 2.17. The number of carbonyl (C=O) groups excluding carboxylic acids is 1. The summed E-state index contributed by atoms with van der Waals surface area (Å²) in [4.78, 5) is 13.3. The van der Waals surface area contributed by atoms with Gasteiger partial charge in [0.05, 0.1) is 16.5 Å². The molecule has 0 bridgehead atoms. The number of ether oxygens (including phenoxy) is 2. The fraction of sp³-hybridized carbons (Fsp3) is 0.312. The molecule has 0 fully saturated rings. The highest BCUT2D eigenvalue weighted by Crippen LogP contribution is 2.28. The van der Waals surface area contributed by atoms with Gasteiger partial charge in [-0.1, -0.05) is 23.7 Å². The van der Waals surface area contributed by atoms with Gasteiger partial charge in [0.2, 0.25) is 0 Å². The molecule has 0 spiro atoms. The highest BCUT2D eigenvalue weighted by molar-refractivity contribution is 7.16. The molecule has 1 unspecified atom stereocenters. The summed E-state index contributed by atoms with van der Waals surface area (Å²) in [7, 11) is 1.61. The van der Waals surface area contributed by atoms with Crippen molar-refractivity contribution in [3.8, 4) is 5.75 Å². The van der Waals surface area contributed by atoms with E-state index in [1.54, 1.807) is 19.2 Å². The van der Waals surface area contributed by atoms with E-state index in [-0.39, 0.29) is 12.0 Å². The molecule has 1 aromatic heterocycles. The van der Waals surface area contributed by atoms with E-state index in [0.29, 0.717) is 28.8 Å². The van der Waals surface area contributed by atoms with Gasteiger partial charge in [0, 0.05) is 18.5 Å². The fourth-order valence-corrected chi connectivity index (χ4v) is 3.16. The molecule has 0 saturated heterocycles. The summed E-state index contributed by atoms with van der Waals surface area (Å²) >= 11 is 7.38. The summed E-state index contributed by atoms with van der Waals surface area (Å²) in [6.07, 6.45) is -0.222. The molecule has 0 radical (unpaired) electrons. The smallest absolute Gasteiger partial charge is 0.255 e. The first-order valence-electron chi connectivity index (χ1n) is 6.93. The zero-order valence-corrected chi connectivity index (χ0v) is 14.0. The van der Waals surface area contributed by atoms with E-state index < -0.39 is 0 Å². The molecule has 0 saturated carbocycles. The molecule has 22 heavy (non-hydrogen) atoms. The number of halogens is 1. The van der Waals surface area contributed by atoms with Gasteiger partial charge in [0.1, 0.15) is 11.9 Å². The molecule has 118 valence electrons. The van der Waals surface area contributed by atoms with Crippen molar-refractivity contribution in [1.82, 2.24) is 5.32 Å². The number of methoxy groups -OCH3 is 1. The van der Waals surface area contributed by atoms with E-state index in [2.05, 4.69) is 5.32 Å². The lowest BCUT2D eigenvalue weighted by atomic mass is 10.2. The number of thiophene rings is 1. The predicted molar refractivity (Wildman–Crippen MR) is 89.0 cm³/mol. The Morgan fingerprint density at radius 2 is 2.09 bits per heavy atom. The Balaban J connectivity index is 2.02. The summed E-state index contributed by atoms with van der Waals surface area (Å²) in [6, 6.07) is 10.9. The molecule has 1 amide bonds. The number of benzene rings is 1. The number of hydrogen-bond donors (Lipinski definition) is 1. The molecule has 6 heteroatoms. The molecular formula is C16H18ClNO3S. The molecule has 1 atom stereocenters. The fourth-order valence-electron chi connectivity index (χ4n) is 2.02. The number of nitrogens with one attached hydrogen (secondary N) is 1. The van der Waals surface area contributed by atoms with Crippen LogP contribution < -0.4 is 10.1 Å². The van der Waals surface area contributed by atoms with Crippen LogP contribution in [-0.4, -0.2) is 26.2 Å². The van der Waals surface area contributed by atoms with Crippen LogP contribution in [-0.2, 0) is 4.74 Å². The molecule has 2 rings (SSSR count). The van der Waals surface area contributed by atoms with Crippen LogP contribution in [0.2, 0.25) is 4.34 Å². The molecule has 1 heterocycles. The third kappa shape index (κ3) is 4.22. The van der Waals surface area contributed by atoms with E-state index in [1.165, 1.54) is 11.3 Å². The number of para-hydroxylation sites is 1. The minimum absolute atomic E-state index is 0.186. The SMILES string of the molecule is CCOc1ccccc1C(=O)NCC(OC)c1ccc(Cl)s1. The van der Waals surface area contributed by atoms with Gasteiger partial charge >= 0.3 is 0 Å². The number of hydrogen-bond acceptors (Lipinski definition) is 4. The van der Waals surface area contributed by atoms with E-state index in [4.69, 9.17) is 21.1 Å². The molecule has 1 aromatic carbocycles. The van der Waals surface area contributed by atoms with Crippen molar-refractivity contribution in [1.29, 1.82) is 0 Å². The normalized spacial score (nSPS) is 12.0. The van der Waals surface area contributed by atoms with E-state index in [9.17, 15) is 4.79 Å². The average molecular weight is 340 g/mol. The molecule has 0 aliphatic carbocycles. The van der Waals surface area contributed by atoms with Crippen molar-refractivity contribution in [3.05, 3.63) is 51.2 Å². The molecule has 4 nitrogen and oxygen atoms in total. The van der Waals surface area contributed by atoms with E-state index in [1.807, 2.05) is 31.2 Å². The monoisotopic (exact) mass is 339 g/mol. The van der Waals surface area contributed by atoms with Gasteiger partial charge in [-0.15, -0.1) is 11.3 Å². The minimum atomic E-state index is -0.222. The number of rotatable bonds is 7. The standard InChI is InChI=1S/C16H18ClNO3S/c1-3-21-12-7-5-4-6-11(12)16(19)18-10-13(20-2)14-8-9-15(17)22-14/h4-9,13H,3,10H2,1-2H3,(H,18,19). The summed E-state index contributed by atoms with van der Waals surface area (Å²) in [6.45, 7) is 2.77. The molecule has 1 N–H and O–H groups in total. The summed E-state index contributed by atoms with van der Waals surface area (Å²) < 4.78 is 11.6. The molecular weight excluding hydrogens is 322 g/mol. The van der Waals surface area contributed by atoms with Gasteiger partial charge in [0.15, 0.2) is 0 Å². The predicted octanol–water partition coefficient (Wildman–Crippen LogP) is 3.92. The molecule has 2 aromatic rings. The van der Waals surface area contributed by atoms with Crippen LogP contribution in [0, 0.1) is 0 Å². The average Bonchev–Trinajstić information content (AvgIpc) is 2.95. The lowest BCUT2D eigenvalue weighted by Crippen LogP contribution is -2.29. The van der Waals surface area contributed by atoms with Gasteiger partial charge in [0.25, 0.3) is 5.91 Å². The number of amides is 1. The second-order valence-electron chi connectivity index (χ2n) is 4.51. The minimum Gasteiger partial charge on any atom is -0.493 e. The van der Waals surface area contributed by atoms with Crippen LogP contribution >= 0.6 is 22.9 Å². The summed E-state index contributed by atoms with van der Waals surface area (Å²) in [5, 5.41) is 2.88. The quantitative estimate of drug-likeness (QED) is 0.831. The second-order valence-corrected chi connectivity index (χ2v) is 6.25.